The van der Waals surface area contributed by atoms with Gasteiger partial charge in [-0.2, -0.15) is 5.10 Å². The molecule has 0 amide bonds. The van der Waals surface area contributed by atoms with Gasteiger partial charge in [-0.25, -0.2) is 9.37 Å². The second-order valence-electron chi connectivity index (χ2n) is 9.38. The van der Waals surface area contributed by atoms with E-state index in [2.05, 4.69) is 25.1 Å². The van der Waals surface area contributed by atoms with Crippen LogP contribution in [0, 0.1) is 5.82 Å². The lowest BCUT2D eigenvalue weighted by Gasteiger charge is -2.08. The van der Waals surface area contributed by atoms with E-state index in [1.54, 1.807) is 24.8 Å². The predicted octanol–water partition coefficient (Wildman–Crippen LogP) is 6.65. The number of ether oxygens (including phenoxy) is 1. The van der Waals surface area contributed by atoms with Crippen LogP contribution < -0.4 is 4.74 Å². The Morgan fingerprint density at radius 1 is 0.825 bits per heavy atom. The van der Waals surface area contributed by atoms with Crippen LogP contribution >= 0.6 is 0 Å². The van der Waals surface area contributed by atoms with Gasteiger partial charge in [0.1, 0.15) is 35.1 Å². The maximum absolute atomic E-state index is 14.0. The van der Waals surface area contributed by atoms with Gasteiger partial charge in [-0.05, 0) is 47.5 Å². The summed E-state index contributed by atoms with van der Waals surface area (Å²) in [6.45, 7) is 0.441. The van der Waals surface area contributed by atoms with Crippen LogP contribution in [-0.4, -0.2) is 35.2 Å². The molecule has 5 heterocycles. The highest BCUT2D eigenvalue weighted by Gasteiger charge is 2.16. The Hall–Kier alpha value is -5.57. The van der Waals surface area contributed by atoms with E-state index in [-0.39, 0.29) is 5.75 Å². The van der Waals surface area contributed by atoms with Crippen molar-refractivity contribution in [1.82, 2.24) is 30.1 Å². The fourth-order valence-corrected chi connectivity index (χ4v) is 4.76. The van der Waals surface area contributed by atoms with Crippen LogP contribution in [0.2, 0.25) is 0 Å². The quantitative estimate of drug-likeness (QED) is 0.223. The number of hydrogen-bond donors (Lipinski definition) is 3. The average molecular weight is 529 g/mol. The van der Waals surface area contributed by atoms with Crippen LogP contribution in [0.25, 0.3) is 55.7 Å². The molecule has 7 aromatic rings. The van der Waals surface area contributed by atoms with Crippen LogP contribution in [-0.2, 0) is 6.61 Å². The first-order chi connectivity index (χ1) is 19.6. The number of fused-ring (bicyclic) bond motifs is 2. The van der Waals surface area contributed by atoms with Gasteiger partial charge in [0.25, 0.3) is 0 Å². The molecule has 8 nitrogen and oxygen atoms in total. The minimum absolute atomic E-state index is 0.151. The summed E-state index contributed by atoms with van der Waals surface area (Å²) in [6, 6.07) is 21.6. The van der Waals surface area contributed by atoms with Crippen molar-refractivity contribution < 1.29 is 14.2 Å². The molecule has 0 aliphatic rings. The molecule has 0 spiro atoms. The SMILES string of the molecule is Oc1cc(F)cc(-c2cncc3[nH]c(-c4n[nH]c5ccc(-c6cncc(OCc7ccccc7)c6)nc45)cc23)c1. The molecular weight excluding hydrogens is 507 g/mol. The highest BCUT2D eigenvalue weighted by Crippen LogP contribution is 2.35. The minimum atomic E-state index is -0.526. The number of aromatic hydroxyl groups is 1. The first kappa shape index (κ1) is 23.5. The first-order valence-electron chi connectivity index (χ1n) is 12.5. The Bertz CT molecular complexity index is 1980. The van der Waals surface area contributed by atoms with Gasteiger partial charge in [-0.15, -0.1) is 0 Å². The lowest BCUT2D eigenvalue weighted by molar-refractivity contribution is 0.305. The van der Waals surface area contributed by atoms with Crippen molar-refractivity contribution in [3.05, 3.63) is 109 Å². The number of hydrogen-bond acceptors (Lipinski definition) is 6. The van der Waals surface area contributed by atoms with Gasteiger partial charge in [-0.1, -0.05) is 30.3 Å². The highest BCUT2D eigenvalue weighted by molar-refractivity contribution is 6.00. The summed E-state index contributed by atoms with van der Waals surface area (Å²) < 4.78 is 20.0. The molecule has 40 heavy (non-hydrogen) atoms. The third-order valence-corrected chi connectivity index (χ3v) is 6.66. The second kappa shape index (κ2) is 9.63. The van der Waals surface area contributed by atoms with E-state index in [9.17, 15) is 9.50 Å². The monoisotopic (exact) mass is 528 g/mol. The maximum Gasteiger partial charge on any atom is 0.138 e. The number of aromatic amines is 2. The second-order valence-corrected chi connectivity index (χ2v) is 9.38. The van der Waals surface area contributed by atoms with Crippen molar-refractivity contribution in [2.75, 3.05) is 0 Å². The van der Waals surface area contributed by atoms with Gasteiger partial charge in [-0.3, -0.25) is 15.1 Å². The molecule has 0 aliphatic carbocycles. The highest BCUT2D eigenvalue weighted by atomic mass is 19.1. The van der Waals surface area contributed by atoms with Crippen molar-refractivity contribution >= 4 is 21.9 Å². The van der Waals surface area contributed by atoms with E-state index in [1.165, 1.54) is 12.1 Å². The summed E-state index contributed by atoms with van der Waals surface area (Å²) in [5.41, 5.74) is 7.36. The molecule has 0 unspecified atom stereocenters. The van der Waals surface area contributed by atoms with Crippen molar-refractivity contribution in [3.63, 3.8) is 0 Å². The summed E-state index contributed by atoms with van der Waals surface area (Å²) >= 11 is 0. The third kappa shape index (κ3) is 4.39. The molecular formula is C31H21FN6O2. The summed E-state index contributed by atoms with van der Waals surface area (Å²) in [4.78, 5) is 16.9. The minimum Gasteiger partial charge on any atom is -0.508 e. The molecule has 194 valence electrons. The summed E-state index contributed by atoms with van der Waals surface area (Å²) in [6.07, 6.45) is 6.77. The Morgan fingerprint density at radius 3 is 2.58 bits per heavy atom. The van der Waals surface area contributed by atoms with Crippen molar-refractivity contribution in [2.24, 2.45) is 0 Å². The Morgan fingerprint density at radius 2 is 1.70 bits per heavy atom. The smallest absolute Gasteiger partial charge is 0.138 e. The van der Waals surface area contributed by atoms with E-state index in [0.717, 1.165) is 45.0 Å². The van der Waals surface area contributed by atoms with Crippen LogP contribution in [0.5, 0.6) is 11.5 Å². The molecule has 7 rings (SSSR count). The third-order valence-electron chi connectivity index (χ3n) is 6.66. The molecule has 0 saturated carbocycles. The van der Waals surface area contributed by atoms with Crippen LogP contribution in [0.15, 0.2) is 97.6 Å². The summed E-state index contributed by atoms with van der Waals surface area (Å²) in [5.74, 6) is -0.0293. The number of nitrogens with zero attached hydrogens (tertiary/aromatic N) is 4. The standard InChI is InChI=1S/C31H21FN6O2/c32-21-8-19(9-22(39)11-21)25-15-34-16-29-24(25)12-28(35-29)31-30-27(37-38-31)7-6-26(36-30)20-10-23(14-33-13-20)40-17-18-4-2-1-3-5-18/h1-16,35,39H,17H2,(H,37,38). The van der Waals surface area contributed by atoms with Gasteiger partial charge in [0, 0.05) is 35.0 Å². The van der Waals surface area contributed by atoms with E-state index in [0.29, 0.717) is 34.7 Å². The number of benzene rings is 2. The van der Waals surface area contributed by atoms with Gasteiger partial charge >= 0.3 is 0 Å². The molecule has 5 aromatic heterocycles. The van der Waals surface area contributed by atoms with E-state index < -0.39 is 5.82 Å². The Kier molecular flexibility index (Phi) is 5.67. The number of H-pyrrole nitrogens is 2. The predicted molar refractivity (Wildman–Crippen MR) is 150 cm³/mol. The molecule has 0 saturated heterocycles. The molecule has 0 aliphatic heterocycles. The normalized spacial score (nSPS) is 11.3. The fourth-order valence-electron chi connectivity index (χ4n) is 4.76. The van der Waals surface area contributed by atoms with Gasteiger partial charge in [0.2, 0.25) is 0 Å². The van der Waals surface area contributed by atoms with Crippen LogP contribution in [0.4, 0.5) is 4.39 Å². The zero-order valence-corrected chi connectivity index (χ0v) is 21.0. The zero-order chi connectivity index (χ0) is 27.1. The number of halogens is 1. The average Bonchev–Trinajstić information content (AvgIpc) is 3.60. The molecule has 0 bridgehead atoms. The van der Waals surface area contributed by atoms with E-state index in [1.807, 2.05) is 54.6 Å². The number of phenols is 1. The molecule has 0 atom stereocenters. The summed E-state index contributed by atoms with van der Waals surface area (Å²) in [7, 11) is 0. The van der Waals surface area contributed by atoms with Crippen molar-refractivity contribution in [3.8, 4) is 45.3 Å². The molecule has 0 radical (unpaired) electrons. The number of aromatic nitrogens is 6. The molecule has 3 N–H and O–H groups in total. The van der Waals surface area contributed by atoms with E-state index >= 15 is 0 Å². The topological polar surface area (TPSA) is 113 Å². The number of pyridine rings is 3. The molecule has 2 aromatic carbocycles. The largest absolute Gasteiger partial charge is 0.508 e. The number of phenolic OH excluding ortho intramolecular Hbond substituents is 1. The first-order valence-corrected chi connectivity index (χ1v) is 12.5. The number of nitrogens with one attached hydrogen (secondary N) is 2. The Balaban J connectivity index is 1.25. The lowest BCUT2D eigenvalue weighted by Crippen LogP contribution is -1.96. The zero-order valence-electron chi connectivity index (χ0n) is 21.0. The van der Waals surface area contributed by atoms with Crippen LogP contribution in [0.1, 0.15) is 5.56 Å². The lowest BCUT2D eigenvalue weighted by atomic mass is 10.0. The van der Waals surface area contributed by atoms with E-state index in [4.69, 9.17) is 9.72 Å². The van der Waals surface area contributed by atoms with Gasteiger partial charge < -0.3 is 14.8 Å². The number of rotatable bonds is 6. The van der Waals surface area contributed by atoms with Gasteiger partial charge in [0.05, 0.1) is 34.8 Å². The van der Waals surface area contributed by atoms with Crippen molar-refractivity contribution in [2.45, 2.75) is 6.61 Å². The maximum atomic E-state index is 14.0. The van der Waals surface area contributed by atoms with Crippen LogP contribution in [0.3, 0.4) is 0 Å². The van der Waals surface area contributed by atoms with Crippen molar-refractivity contribution in [1.29, 1.82) is 0 Å². The summed E-state index contributed by atoms with van der Waals surface area (Å²) in [5, 5.41) is 18.3. The fraction of sp³-hybridized carbons (Fsp3) is 0.0323. The Labute approximate surface area is 227 Å². The molecule has 9 heteroatoms. The van der Waals surface area contributed by atoms with Gasteiger partial charge in [0.15, 0.2) is 0 Å². The molecule has 0 fully saturated rings.